The van der Waals surface area contributed by atoms with Gasteiger partial charge in [0.2, 0.25) is 0 Å². The van der Waals surface area contributed by atoms with Gasteiger partial charge in [-0.1, -0.05) is 23.8 Å². The summed E-state index contributed by atoms with van der Waals surface area (Å²) in [7, 11) is 0. The molecule has 0 amide bonds. The summed E-state index contributed by atoms with van der Waals surface area (Å²) in [5, 5.41) is 0.562. The smallest absolute Gasteiger partial charge is 0.126 e. The molecule has 1 rings (SSSR count). The van der Waals surface area contributed by atoms with Crippen LogP contribution in [0.3, 0.4) is 0 Å². The second-order valence-corrected chi connectivity index (χ2v) is 3.70. The summed E-state index contributed by atoms with van der Waals surface area (Å²) in [4.78, 5) is 0. The standard InChI is InChI=1S/C11H11Cl2F/c12-7-3-1-2-4-9-8-10(13)5-6-11(9)14/h1-2,5-6,8H,3-4,7H2/b2-1+. The lowest BCUT2D eigenvalue weighted by Gasteiger charge is -1.99. The van der Waals surface area contributed by atoms with Crippen molar-refractivity contribution in [1.82, 2.24) is 0 Å². The number of allylic oxidation sites excluding steroid dienone is 2. The molecular weight excluding hydrogens is 222 g/mol. The van der Waals surface area contributed by atoms with E-state index in [9.17, 15) is 4.39 Å². The Morgan fingerprint density at radius 2 is 2.07 bits per heavy atom. The van der Waals surface area contributed by atoms with Crippen LogP contribution in [0.4, 0.5) is 4.39 Å². The fourth-order valence-electron chi connectivity index (χ4n) is 1.09. The van der Waals surface area contributed by atoms with Crippen molar-refractivity contribution in [3.8, 4) is 0 Å². The third-order valence-corrected chi connectivity index (χ3v) is 2.24. The summed E-state index contributed by atoms with van der Waals surface area (Å²) in [6, 6.07) is 4.57. The Morgan fingerprint density at radius 3 is 2.79 bits per heavy atom. The number of alkyl halides is 1. The van der Waals surface area contributed by atoms with E-state index in [1.807, 2.05) is 12.2 Å². The normalized spacial score (nSPS) is 11.1. The molecule has 0 spiro atoms. The van der Waals surface area contributed by atoms with E-state index in [0.717, 1.165) is 6.42 Å². The highest BCUT2D eigenvalue weighted by Crippen LogP contribution is 2.15. The molecule has 1 aromatic rings. The van der Waals surface area contributed by atoms with Crippen LogP contribution in [0.15, 0.2) is 30.4 Å². The molecule has 0 aliphatic heterocycles. The molecule has 0 heterocycles. The molecule has 0 radical (unpaired) electrons. The second-order valence-electron chi connectivity index (χ2n) is 2.89. The van der Waals surface area contributed by atoms with E-state index < -0.39 is 0 Å². The van der Waals surface area contributed by atoms with Crippen molar-refractivity contribution in [1.29, 1.82) is 0 Å². The molecule has 0 N–H and O–H groups in total. The maximum Gasteiger partial charge on any atom is 0.126 e. The van der Waals surface area contributed by atoms with Gasteiger partial charge in [0.05, 0.1) is 0 Å². The van der Waals surface area contributed by atoms with Crippen molar-refractivity contribution in [2.45, 2.75) is 12.8 Å². The van der Waals surface area contributed by atoms with Gasteiger partial charge in [-0.05, 0) is 36.6 Å². The van der Waals surface area contributed by atoms with Gasteiger partial charge in [-0.25, -0.2) is 4.39 Å². The number of hydrogen-bond donors (Lipinski definition) is 0. The maximum absolute atomic E-state index is 13.2. The van der Waals surface area contributed by atoms with Gasteiger partial charge in [-0.3, -0.25) is 0 Å². The first kappa shape index (κ1) is 11.5. The van der Waals surface area contributed by atoms with Crippen molar-refractivity contribution in [3.05, 3.63) is 46.8 Å². The zero-order valence-electron chi connectivity index (χ0n) is 7.64. The SMILES string of the molecule is Fc1ccc(Cl)cc1C/C=C/CCCl. The van der Waals surface area contributed by atoms with E-state index in [-0.39, 0.29) is 5.82 Å². The molecule has 0 nitrogen and oxygen atoms in total. The zero-order valence-corrected chi connectivity index (χ0v) is 9.15. The van der Waals surface area contributed by atoms with Crippen LogP contribution in [-0.2, 0) is 6.42 Å². The molecule has 0 atom stereocenters. The predicted molar refractivity (Wildman–Crippen MR) is 59.6 cm³/mol. The zero-order chi connectivity index (χ0) is 10.4. The first-order valence-corrected chi connectivity index (χ1v) is 5.30. The Bertz CT molecular complexity index is 321. The van der Waals surface area contributed by atoms with Crippen LogP contribution in [-0.4, -0.2) is 5.88 Å². The van der Waals surface area contributed by atoms with Gasteiger partial charge in [0.15, 0.2) is 0 Å². The molecule has 14 heavy (non-hydrogen) atoms. The molecule has 0 aromatic heterocycles. The molecule has 0 unspecified atom stereocenters. The molecule has 0 aliphatic carbocycles. The minimum Gasteiger partial charge on any atom is -0.207 e. The molecule has 1 aromatic carbocycles. The second kappa shape index (κ2) is 6.05. The third-order valence-electron chi connectivity index (χ3n) is 1.79. The number of rotatable bonds is 4. The van der Waals surface area contributed by atoms with Gasteiger partial charge in [0, 0.05) is 10.9 Å². The van der Waals surface area contributed by atoms with E-state index in [1.54, 1.807) is 12.1 Å². The Labute approximate surface area is 93.3 Å². The maximum atomic E-state index is 13.2. The molecule has 0 saturated heterocycles. The number of halogens is 3. The van der Waals surface area contributed by atoms with Crippen LogP contribution >= 0.6 is 23.2 Å². The minimum absolute atomic E-state index is 0.218. The Morgan fingerprint density at radius 1 is 1.29 bits per heavy atom. The summed E-state index contributed by atoms with van der Waals surface area (Å²) in [6.07, 6.45) is 5.21. The lowest BCUT2D eigenvalue weighted by atomic mass is 10.1. The Hall–Kier alpha value is -0.530. The van der Waals surface area contributed by atoms with Gasteiger partial charge < -0.3 is 0 Å². The van der Waals surface area contributed by atoms with Crippen LogP contribution < -0.4 is 0 Å². The van der Waals surface area contributed by atoms with E-state index in [2.05, 4.69) is 0 Å². The van der Waals surface area contributed by atoms with Crippen molar-refractivity contribution < 1.29 is 4.39 Å². The van der Waals surface area contributed by atoms with Gasteiger partial charge in [0.25, 0.3) is 0 Å². The van der Waals surface area contributed by atoms with Crippen LogP contribution in [0, 0.1) is 5.82 Å². The molecule has 3 heteroatoms. The van der Waals surface area contributed by atoms with Gasteiger partial charge >= 0.3 is 0 Å². The summed E-state index contributed by atoms with van der Waals surface area (Å²) in [5.74, 6) is 0.374. The third kappa shape index (κ3) is 3.69. The quantitative estimate of drug-likeness (QED) is 0.539. The topological polar surface area (TPSA) is 0 Å². The Kier molecular flexibility index (Phi) is 4.99. The molecular formula is C11H11Cl2F. The fourth-order valence-corrected chi connectivity index (χ4v) is 1.41. The first-order valence-electron chi connectivity index (χ1n) is 4.39. The number of benzene rings is 1. The van der Waals surface area contributed by atoms with Gasteiger partial charge in [-0.15, -0.1) is 11.6 Å². The van der Waals surface area contributed by atoms with Crippen molar-refractivity contribution in [3.63, 3.8) is 0 Å². The highest BCUT2D eigenvalue weighted by atomic mass is 35.5. The van der Waals surface area contributed by atoms with E-state index in [1.165, 1.54) is 6.07 Å². The largest absolute Gasteiger partial charge is 0.207 e. The summed E-state index contributed by atoms with van der Waals surface area (Å²) < 4.78 is 13.2. The van der Waals surface area contributed by atoms with Crippen LogP contribution in [0.1, 0.15) is 12.0 Å². The van der Waals surface area contributed by atoms with Crippen LogP contribution in [0.25, 0.3) is 0 Å². The minimum atomic E-state index is -0.218. The molecule has 0 saturated carbocycles. The highest BCUT2D eigenvalue weighted by molar-refractivity contribution is 6.30. The number of hydrogen-bond acceptors (Lipinski definition) is 0. The lowest BCUT2D eigenvalue weighted by molar-refractivity contribution is 0.615. The monoisotopic (exact) mass is 232 g/mol. The summed E-state index contributed by atoms with van der Waals surface area (Å²) in [5.41, 5.74) is 0.614. The summed E-state index contributed by atoms with van der Waals surface area (Å²) in [6.45, 7) is 0. The van der Waals surface area contributed by atoms with Crippen LogP contribution in [0.2, 0.25) is 5.02 Å². The molecule has 0 fully saturated rings. The molecule has 76 valence electrons. The van der Waals surface area contributed by atoms with Crippen molar-refractivity contribution >= 4 is 23.2 Å². The first-order chi connectivity index (χ1) is 6.74. The predicted octanol–water partition coefficient (Wildman–Crippen LogP) is 4.21. The fraction of sp³-hybridized carbons (Fsp3) is 0.273. The Balaban J connectivity index is 2.62. The van der Waals surface area contributed by atoms with E-state index in [4.69, 9.17) is 23.2 Å². The van der Waals surface area contributed by atoms with Gasteiger partial charge in [0.1, 0.15) is 5.82 Å². The lowest BCUT2D eigenvalue weighted by Crippen LogP contribution is -1.87. The van der Waals surface area contributed by atoms with E-state index >= 15 is 0 Å². The summed E-state index contributed by atoms with van der Waals surface area (Å²) >= 11 is 11.2. The highest BCUT2D eigenvalue weighted by Gasteiger charge is 1.99. The molecule has 0 bridgehead atoms. The average molecular weight is 233 g/mol. The van der Waals surface area contributed by atoms with Crippen molar-refractivity contribution in [2.24, 2.45) is 0 Å². The van der Waals surface area contributed by atoms with E-state index in [0.29, 0.717) is 22.9 Å². The van der Waals surface area contributed by atoms with Gasteiger partial charge in [-0.2, -0.15) is 0 Å². The van der Waals surface area contributed by atoms with Crippen LogP contribution in [0.5, 0.6) is 0 Å². The van der Waals surface area contributed by atoms with Crippen molar-refractivity contribution in [2.75, 3.05) is 5.88 Å². The molecule has 0 aliphatic rings. The average Bonchev–Trinajstić information content (AvgIpc) is 2.18.